The fraction of sp³-hybridized carbons (Fsp3) is 0.647. The molecule has 1 N–H and O–H groups in total. The van der Waals surface area contributed by atoms with E-state index in [1.165, 1.54) is 44.5 Å². The van der Waals surface area contributed by atoms with Gasteiger partial charge >= 0.3 is 0 Å². The standard InChI is InChI=1S/C17H27NO2/c1-20-17-8-2-5-15(13-17)6-3-10-18-11-4-7-16(14-18)9-12-19/h2,5,8,13,16,19H,3-4,6-7,9-12,14H2,1H3/t16-/m1/s1. The predicted molar refractivity (Wildman–Crippen MR) is 82.2 cm³/mol. The molecule has 1 atom stereocenters. The number of likely N-dealkylation sites (tertiary alicyclic amines) is 1. The van der Waals surface area contributed by atoms with E-state index in [0.717, 1.165) is 18.6 Å². The van der Waals surface area contributed by atoms with Gasteiger partial charge in [-0.3, -0.25) is 0 Å². The van der Waals surface area contributed by atoms with Gasteiger partial charge in [0.1, 0.15) is 5.75 Å². The maximum Gasteiger partial charge on any atom is 0.119 e. The van der Waals surface area contributed by atoms with Gasteiger partial charge in [0.15, 0.2) is 0 Å². The number of aryl methyl sites for hydroxylation is 1. The summed E-state index contributed by atoms with van der Waals surface area (Å²) in [6.45, 7) is 3.89. The van der Waals surface area contributed by atoms with Gasteiger partial charge in [-0.2, -0.15) is 0 Å². The van der Waals surface area contributed by atoms with Crippen LogP contribution in [0.5, 0.6) is 5.75 Å². The third-order valence-electron chi connectivity index (χ3n) is 4.21. The van der Waals surface area contributed by atoms with Crippen LogP contribution in [0, 0.1) is 5.92 Å². The molecule has 0 spiro atoms. The Morgan fingerprint density at radius 2 is 2.30 bits per heavy atom. The van der Waals surface area contributed by atoms with Crippen molar-refractivity contribution in [3.63, 3.8) is 0 Å². The summed E-state index contributed by atoms with van der Waals surface area (Å²) in [5, 5.41) is 9.05. The van der Waals surface area contributed by atoms with E-state index in [-0.39, 0.29) is 0 Å². The summed E-state index contributed by atoms with van der Waals surface area (Å²) in [6.07, 6.45) is 5.83. The van der Waals surface area contributed by atoms with Gasteiger partial charge in [0, 0.05) is 13.2 Å². The highest BCUT2D eigenvalue weighted by Crippen LogP contribution is 2.20. The molecule has 0 aromatic heterocycles. The molecule has 3 heteroatoms. The lowest BCUT2D eigenvalue weighted by Gasteiger charge is -2.32. The van der Waals surface area contributed by atoms with Crippen molar-refractivity contribution < 1.29 is 9.84 Å². The summed E-state index contributed by atoms with van der Waals surface area (Å²) >= 11 is 0. The van der Waals surface area contributed by atoms with Crippen LogP contribution in [0.1, 0.15) is 31.2 Å². The largest absolute Gasteiger partial charge is 0.497 e. The SMILES string of the molecule is COc1cccc(CCCN2CCC[C@H](CCO)C2)c1. The Labute approximate surface area is 122 Å². The molecule has 0 amide bonds. The Morgan fingerprint density at radius 1 is 1.40 bits per heavy atom. The van der Waals surface area contributed by atoms with E-state index in [2.05, 4.69) is 23.1 Å². The van der Waals surface area contributed by atoms with Crippen molar-refractivity contribution in [3.05, 3.63) is 29.8 Å². The second-order valence-electron chi connectivity index (χ2n) is 5.78. The van der Waals surface area contributed by atoms with Gasteiger partial charge in [-0.05, 0) is 68.8 Å². The molecule has 3 nitrogen and oxygen atoms in total. The first-order chi connectivity index (χ1) is 9.81. The number of hydrogen-bond acceptors (Lipinski definition) is 3. The molecule has 2 rings (SSSR count). The maximum absolute atomic E-state index is 9.05. The molecule has 0 aliphatic carbocycles. The fourth-order valence-corrected chi connectivity index (χ4v) is 3.11. The molecule has 1 heterocycles. The zero-order valence-electron chi connectivity index (χ0n) is 12.6. The highest BCUT2D eigenvalue weighted by Gasteiger charge is 2.18. The van der Waals surface area contributed by atoms with E-state index >= 15 is 0 Å². The van der Waals surface area contributed by atoms with Crippen LogP contribution in [0.4, 0.5) is 0 Å². The van der Waals surface area contributed by atoms with E-state index < -0.39 is 0 Å². The molecule has 1 saturated heterocycles. The molecule has 1 aliphatic heterocycles. The molecule has 20 heavy (non-hydrogen) atoms. The second-order valence-corrected chi connectivity index (χ2v) is 5.78. The minimum atomic E-state index is 0.336. The average molecular weight is 277 g/mol. The van der Waals surface area contributed by atoms with Crippen molar-refractivity contribution in [2.75, 3.05) is 33.4 Å². The number of methoxy groups -OCH3 is 1. The number of nitrogens with zero attached hydrogens (tertiary/aromatic N) is 1. The lowest BCUT2D eigenvalue weighted by Crippen LogP contribution is -2.36. The second kappa shape index (κ2) is 8.28. The minimum Gasteiger partial charge on any atom is -0.497 e. The quantitative estimate of drug-likeness (QED) is 0.832. The molecule has 1 aromatic carbocycles. The third kappa shape index (κ3) is 4.80. The third-order valence-corrected chi connectivity index (χ3v) is 4.21. The lowest BCUT2D eigenvalue weighted by molar-refractivity contribution is 0.147. The summed E-state index contributed by atoms with van der Waals surface area (Å²) in [5.41, 5.74) is 1.35. The number of piperidine rings is 1. The Hall–Kier alpha value is -1.06. The van der Waals surface area contributed by atoms with Crippen molar-refractivity contribution in [1.82, 2.24) is 4.90 Å². The molecule has 112 valence electrons. The number of hydrogen-bond donors (Lipinski definition) is 1. The number of aliphatic hydroxyl groups excluding tert-OH is 1. The van der Waals surface area contributed by atoms with E-state index in [1.54, 1.807) is 7.11 Å². The molecule has 0 unspecified atom stereocenters. The van der Waals surface area contributed by atoms with Gasteiger partial charge in [-0.1, -0.05) is 12.1 Å². The number of rotatable bonds is 7. The molecule has 1 aliphatic rings. The van der Waals surface area contributed by atoms with Crippen molar-refractivity contribution >= 4 is 0 Å². The molecule has 1 aromatic rings. The van der Waals surface area contributed by atoms with E-state index in [9.17, 15) is 0 Å². The van der Waals surface area contributed by atoms with E-state index in [4.69, 9.17) is 9.84 Å². The fourth-order valence-electron chi connectivity index (χ4n) is 3.11. The predicted octanol–water partition coefficient (Wildman–Crippen LogP) is 2.72. The van der Waals surface area contributed by atoms with Gasteiger partial charge in [-0.15, -0.1) is 0 Å². The first kappa shape index (κ1) is 15.3. The highest BCUT2D eigenvalue weighted by molar-refractivity contribution is 5.28. The molecule has 0 bridgehead atoms. The van der Waals surface area contributed by atoms with Crippen molar-refractivity contribution in [2.45, 2.75) is 32.1 Å². The molecular weight excluding hydrogens is 250 g/mol. The van der Waals surface area contributed by atoms with Crippen LogP contribution in [-0.2, 0) is 6.42 Å². The Balaban J connectivity index is 1.72. The summed E-state index contributed by atoms with van der Waals surface area (Å²) in [7, 11) is 1.72. The first-order valence-corrected chi connectivity index (χ1v) is 7.78. The van der Waals surface area contributed by atoms with Crippen LogP contribution >= 0.6 is 0 Å². The number of benzene rings is 1. The zero-order valence-corrected chi connectivity index (χ0v) is 12.6. The van der Waals surface area contributed by atoms with Crippen LogP contribution in [-0.4, -0.2) is 43.4 Å². The summed E-state index contributed by atoms with van der Waals surface area (Å²) in [5.74, 6) is 1.65. The normalized spacial score (nSPS) is 20.0. The summed E-state index contributed by atoms with van der Waals surface area (Å²) in [6, 6.07) is 8.36. The van der Waals surface area contributed by atoms with Crippen LogP contribution < -0.4 is 4.74 Å². The van der Waals surface area contributed by atoms with Gasteiger partial charge in [0.05, 0.1) is 7.11 Å². The van der Waals surface area contributed by atoms with Crippen LogP contribution in [0.25, 0.3) is 0 Å². The number of aliphatic hydroxyl groups is 1. The highest BCUT2D eigenvalue weighted by atomic mass is 16.5. The zero-order chi connectivity index (χ0) is 14.2. The summed E-state index contributed by atoms with van der Waals surface area (Å²) in [4.78, 5) is 2.56. The van der Waals surface area contributed by atoms with Crippen molar-refractivity contribution in [3.8, 4) is 5.75 Å². The number of ether oxygens (including phenoxy) is 1. The van der Waals surface area contributed by atoms with Gasteiger partial charge in [0.25, 0.3) is 0 Å². The molecular formula is C17H27NO2. The average Bonchev–Trinajstić information content (AvgIpc) is 2.48. The van der Waals surface area contributed by atoms with Crippen LogP contribution in [0.3, 0.4) is 0 Å². The van der Waals surface area contributed by atoms with E-state index in [1.807, 2.05) is 6.07 Å². The molecule has 0 radical (unpaired) electrons. The topological polar surface area (TPSA) is 32.7 Å². The smallest absolute Gasteiger partial charge is 0.119 e. The first-order valence-electron chi connectivity index (χ1n) is 7.78. The Kier molecular flexibility index (Phi) is 6.34. The van der Waals surface area contributed by atoms with E-state index in [0.29, 0.717) is 12.5 Å². The molecule has 1 fully saturated rings. The van der Waals surface area contributed by atoms with Gasteiger partial charge in [0.2, 0.25) is 0 Å². The monoisotopic (exact) mass is 277 g/mol. The van der Waals surface area contributed by atoms with Crippen molar-refractivity contribution in [2.24, 2.45) is 5.92 Å². The van der Waals surface area contributed by atoms with Gasteiger partial charge in [-0.25, -0.2) is 0 Å². The Morgan fingerprint density at radius 3 is 3.10 bits per heavy atom. The van der Waals surface area contributed by atoms with Crippen LogP contribution in [0.15, 0.2) is 24.3 Å². The van der Waals surface area contributed by atoms with Gasteiger partial charge < -0.3 is 14.7 Å². The summed E-state index contributed by atoms with van der Waals surface area (Å²) < 4.78 is 5.26. The van der Waals surface area contributed by atoms with Crippen molar-refractivity contribution in [1.29, 1.82) is 0 Å². The lowest BCUT2D eigenvalue weighted by atomic mass is 9.95. The maximum atomic E-state index is 9.05. The molecule has 0 saturated carbocycles. The minimum absolute atomic E-state index is 0.336. The Bertz CT molecular complexity index is 392. The van der Waals surface area contributed by atoms with Crippen LogP contribution in [0.2, 0.25) is 0 Å².